The highest BCUT2D eigenvalue weighted by molar-refractivity contribution is 6.21. The first kappa shape index (κ1) is 11.5. The smallest absolute Gasteiger partial charge is 0.00240 e. The van der Waals surface area contributed by atoms with Gasteiger partial charge >= 0.3 is 0 Å². The van der Waals surface area contributed by atoms with Crippen LogP contribution in [0.15, 0.2) is 66.7 Å². The lowest BCUT2D eigenvalue weighted by molar-refractivity contribution is 1.16. The van der Waals surface area contributed by atoms with E-state index in [1.165, 1.54) is 37.9 Å². The Bertz CT molecular complexity index is 927. The van der Waals surface area contributed by atoms with Crippen LogP contribution in [-0.2, 0) is 6.42 Å². The van der Waals surface area contributed by atoms with Crippen molar-refractivity contribution >= 4 is 32.3 Å². The van der Waals surface area contributed by atoms with Crippen LogP contribution >= 0.6 is 0 Å². The fourth-order valence-electron chi connectivity index (χ4n) is 3.24. The molecule has 4 aromatic rings. The highest BCUT2D eigenvalue weighted by Crippen LogP contribution is 2.34. The molecule has 0 unspecified atom stereocenters. The molecule has 0 aliphatic rings. The van der Waals surface area contributed by atoms with Crippen LogP contribution in [0.2, 0.25) is 0 Å². The van der Waals surface area contributed by atoms with Crippen LogP contribution in [0.1, 0.15) is 12.5 Å². The van der Waals surface area contributed by atoms with Crippen molar-refractivity contribution in [2.45, 2.75) is 13.3 Å². The number of hydrogen-bond acceptors (Lipinski definition) is 0. The first-order valence-corrected chi connectivity index (χ1v) is 7.20. The van der Waals surface area contributed by atoms with Gasteiger partial charge < -0.3 is 0 Å². The lowest BCUT2D eigenvalue weighted by atomic mass is 9.93. The number of rotatable bonds is 1. The molecule has 20 heavy (non-hydrogen) atoms. The largest absolute Gasteiger partial charge is 0.0616 e. The van der Waals surface area contributed by atoms with Gasteiger partial charge in [-0.3, -0.25) is 0 Å². The maximum atomic E-state index is 2.25. The summed E-state index contributed by atoms with van der Waals surface area (Å²) in [5.41, 5.74) is 1.43. The molecule has 0 aliphatic carbocycles. The van der Waals surface area contributed by atoms with Crippen LogP contribution in [0.4, 0.5) is 0 Å². The van der Waals surface area contributed by atoms with Gasteiger partial charge in [-0.1, -0.05) is 73.7 Å². The second-order valence-electron chi connectivity index (χ2n) is 5.32. The van der Waals surface area contributed by atoms with Crippen molar-refractivity contribution in [3.05, 3.63) is 72.3 Å². The molecular weight excluding hydrogens is 240 g/mol. The summed E-state index contributed by atoms with van der Waals surface area (Å²) >= 11 is 0. The summed E-state index contributed by atoms with van der Waals surface area (Å²) in [6.07, 6.45) is 1.07. The highest BCUT2D eigenvalue weighted by atomic mass is 14.1. The Morgan fingerprint density at radius 1 is 0.600 bits per heavy atom. The standard InChI is InChI=1S/C20H16/c1-2-14-7-5-8-16-12-13-17-11-10-15-6-3-4-9-18(15)20(17)19(14)16/h3-13H,2H2,1H3. The molecule has 0 nitrogen and oxygen atoms in total. The van der Waals surface area contributed by atoms with Crippen molar-refractivity contribution in [2.24, 2.45) is 0 Å². The topological polar surface area (TPSA) is 0 Å². The average molecular weight is 256 g/mol. The van der Waals surface area contributed by atoms with Crippen LogP contribution in [0.25, 0.3) is 32.3 Å². The zero-order valence-electron chi connectivity index (χ0n) is 11.6. The molecule has 0 saturated heterocycles. The van der Waals surface area contributed by atoms with Crippen molar-refractivity contribution in [2.75, 3.05) is 0 Å². The van der Waals surface area contributed by atoms with Crippen LogP contribution in [-0.4, -0.2) is 0 Å². The molecule has 0 amide bonds. The van der Waals surface area contributed by atoms with Crippen molar-refractivity contribution in [1.82, 2.24) is 0 Å². The number of benzene rings is 4. The molecule has 0 atom stereocenters. The minimum atomic E-state index is 1.07. The Kier molecular flexibility index (Phi) is 2.50. The average Bonchev–Trinajstić information content (AvgIpc) is 2.53. The predicted molar refractivity (Wildman–Crippen MR) is 88.3 cm³/mol. The van der Waals surface area contributed by atoms with E-state index in [0.717, 1.165) is 6.42 Å². The second kappa shape index (κ2) is 4.35. The van der Waals surface area contributed by atoms with E-state index in [4.69, 9.17) is 0 Å². The van der Waals surface area contributed by atoms with Crippen LogP contribution < -0.4 is 0 Å². The summed E-state index contributed by atoms with van der Waals surface area (Å²) in [7, 11) is 0. The van der Waals surface area contributed by atoms with Gasteiger partial charge in [0.1, 0.15) is 0 Å². The number of fused-ring (bicyclic) bond motifs is 5. The Morgan fingerprint density at radius 3 is 2.05 bits per heavy atom. The Hall–Kier alpha value is -2.34. The Balaban J connectivity index is 2.36. The molecule has 0 radical (unpaired) electrons. The molecule has 4 aromatic carbocycles. The van der Waals surface area contributed by atoms with E-state index in [-0.39, 0.29) is 0 Å². The van der Waals surface area contributed by atoms with E-state index in [1.807, 2.05) is 0 Å². The van der Waals surface area contributed by atoms with Gasteiger partial charge in [-0.15, -0.1) is 0 Å². The van der Waals surface area contributed by atoms with Gasteiger partial charge in [0, 0.05) is 0 Å². The molecule has 4 rings (SSSR count). The van der Waals surface area contributed by atoms with E-state index in [1.54, 1.807) is 0 Å². The predicted octanol–water partition coefficient (Wildman–Crippen LogP) is 5.71. The minimum absolute atomic E-state index is 1.07. The molecule has 0 saturated carbocycles. The third kappa shape index (κ3) is 1.55. The molecule has 0 bridgehead atoms. The van der Waals surface area contributed by atoms with Crippen LogP contribution in [0, 0.1) is 0 Å². The summed E-state index contributed by atoms with van der Waals surface area (Å²) in [6.45, 7) is 2.23. The molecular formula is C20H16. The van der Waals surface area contributed by atoms with E-state index in [0.29, 0.717) is 0 Å². The first-order chi connectivity index (χ1) is 9.88. The fourth-order valence-corrected chi connectivity index (χ4v) is 3.24. The zero-order valence-corrected chi connectivity index (χ0v) is 11.6. The number of aryl methyl sites for hydroxylation is 1. The lowest BCUT2D eigenvalue weighted by Crippen LogP contribution is -1.87. The first-order valence-electron chi connectivity index (χ1n) is 7.20. The summed E-state index contributed by atoms with van der Waals surface area (Å²) in [5.74, 6) is 0. The van der Waals surface area contributed by atoms with E-state index >= 15 is 0 Å². The molecule has 96 valence electrons. The van der Waals surface area contributed by atoms with Gasteiger partial charge in [0.15, 0.2) is 0 Å². The van der Waals surface area contributed by atoms with Crippen LogP contribution in [0.5, 0.6) is 0 Å². The SMILES string of the molecule is CCc1cccc2ccc3ccc4ccccc4c3c12. The lowest BCUT2D eigenvalue weighted by Gasteiger charge is -2.11. The quantitative estimate of drug-likeness (QED) is 0.383. The molecule has 0 heteroatoms. The zero-order chi connectivity index (χ0) is 13.5. The monoisotopic (exact) mass is 256 g/mol. The third-order valence-electron chi connectivity index (χ3n) is 4.22. The van der Waals surface area contributed by atoms with Crippen LogP contribution in [0.3, 0.4) is 0 Å². The molecule has 0 N–H and O–H groups in total. The van der Waals surface area contributed by atoms with E-state index in [2.05, 4.69) is 73.7 Å². The second-order valence-corrected chi connectivity index (χ2v) is 5.32. The minimum Gasteiger partial charge on any atom is -0.0616 e. The van der Waals surface area contributed by atoms with Gasteiger partial charge in [0.2, 0.25) is 0 Å². The summed E-state index contributed by atoms with van der Waals surface area (Å²) < 4.78 is 0. The van der Waals surface area contributed by atoms with Gasteiger partial charge in [0.25, 0.3) is 0 Å². The van der Waals surface area contributed by atoms with Crippen molar-refractivity contribution in [3.8, 4) is 0 Å². The summed E-state index contributed by atoms with van der Waals surface area (Å²) in [5, 5.41) is 8.17. The Labute approximate surface area is 118 Å². The van der Waals surface area contributed by atoms with E-state index in [9.17, 15) is 0 Å². The van der Waals surface area contributed by atoms with Gasteiger partial charge in [0.05, 0.1) is 0 Å². The van der Waals surface area contributed by atoms with Crippen molar-refractivity contribution in [3.63, 3.8) is 0 Å². The summed E-state index contributed by atoms with van der Waals surface area (Å²) in [4.78, 5) is 0. The van der Waals surface area contributed by atoms with Gasteiger partial charge in [-0.2, -0.15) is 0 Å². The molecule has 0 fully saturated rings. The Morgan fingerprint density at radius 2 is 1.25 bits per heavy atom. The third-order valence-corrected chi connectivity index (χ3v) is 4.22. The van der Waals surface area contributed by atoms with Crippen molar-refractivity contribution < 1.29 is 0 Å². The molecule has 0 spiro atoms. The summed E-state index contributed by atoms with van der Waals surface area (Å²) in [6, 6.07) is 24.3. The van der Waals surface area contributed by atoms with Gasteiger partial charge in [-0.25, -0.2) is 0 Å². The molecule has 0 aliphatic heterocycles. The normalized spacial score (nSPS) is 11.4. The highest BCUT2D eigenvalue weighted by Gasteiger charge is 2.07. The van der Waals surface area contributed by atoms with Gasteiger partial charge in [-0.05, 0) is 44.3 Å². The molecule has 0 heterocycles. The fraction of sp³-hybridized carbons (Fsp3) is 0.100. The van der Waals surface area contributed by atoms with Crippen molar-refractivity contribution in [1.29, 1.82) is 0 Å². The van der Waals surface area contributed by atoms with E-state index < -0.39 is 0 Å². The molecule has 0 aromatic heterocycles. The maximum Gasteiger partial charge on any atom is -0.00240 e. The maximum absolute atomic E-state index is 2.25. The number of hydrogen-bond donors (Lipinski definition) is 0.